The first-order valence-electron chi connectivity index (χ1n) is 5.11. The predicted octanol–water partition coefficient (Wildman–Crippen LogP) is 1.28. The van der Waals surface area contributed by atoms with E-state index in [0.717, 1.165) is 12.1 Å². The van der Waals surface area contributed by atoms with Crippen molar-refractivity contribution in [3.63, 3.8) is 0 Å². The van der Waals surface area contributed by atoms with Gasteiger partial charge < -0.3 is 20.4 Å². The van der Waals surface area contributed by atoms with Crippen LogP contribution in [0.25, 0.3) is 0 Å². The van der Waals surface area contributed by atoms with Gasteiger partial charge in [0.25, 0.3) is 0 Å². The van der Waals surface area contributed by atoms with Crippen molar-refractivity contribution in [1.82, 2.24) is 0 Å². The fourth-order valence-corrected chi connectivity index (χ4v) is 1.55. The summed E-state index contributed by atoms with van der Waals surface area (Å²) in [5.74, 6) is -2.12. The molecule has 0 saturated carbocycles. The number of alkyl halides is 3. The van der Waals surface area contributed by atoms with Gasteiger partial charge in [-0.3, -0.25) is 4.79 Å². The van der Waals surface area contributed by atoms with Gasteiger partial charge in [-0.2, -0.15) is 13.2 Å². The number of benzene rings is 1. The molecule has 0 bridgehead atoms. The number of hydrogen-bond donors (Lipinski definition) is 4. The van der Waals surface area contributed by atoms with Crippen molar-refractivity contribution in [2.45, 2.75) is 24.8 Å². The maximum atomic E-state index is 12.7. The van der Waals surface area contributed by atoms with Crippen molar-refractivity contribution >= 4 is 5.97 Å². The summed E-state index contributed by atoms with van der Waals surface area (Å²) < 4.78 is 38.1. The number of phenolic OH excluding ortho intramolecular Hbond substituents is 1. The van der Waals surface area contributed by atoms with E-state index in [1.807, 2.05) is 0 Å². The van der Waals surface area contributed by atoms with E-state index < -0.39 is 47.7 Å². The van der Waals surface area contributed by atoms with Gasteiger partial charge in [0, 0.05) is 0 Å². The topological polar surface area (TPSA) is 98.0 Å². The van der Waals surface area contributed by atoms with Crippen molar-refractivity contribution in [2.75, 3.05) is 0 Å². The summed E-state index contributed by atoms with van der Waals surface area (Å²) in [7, 11) is 0. The minimum absolute atomic E-state index is 0.395. The lowest BCUT2D eigenvalue weighted by molar-refractivity contribution is -0.142. The SMILES string of the molecule is O=C(O)CC(O)C(O)c1ccc(O)cc1C(F)(F)F. The van der Waals surface area contributed by atoms with Gasteiger partial charge in [0.05, 0.1) is 18.1 Å². The average molecular weight is 280 g/mol. The number of carboxylic acid groups (broad SMARTS) is 1. The molecule has 8 heteroatoms. The maximum Gasteiger partial charge on any atom is 0.416 e. The third-order valence-corrected chi connectivity index (χ3v) is 2.41. The summed E-state index contributed by atoms with van der Waals surface area (Å²) in [6.07, 6.45) is -9.66. The van der Waals surface area contributed by atoms with Crippen LogP contribution < -0.4 is 0 Å². The predicted molar refractivity (Wildman–Crippen MR) is 56.3 cm³/mol. The molecule has 4 N–H and O–H groups in total. The summed E-state index contributed by atoms with van der Waals surface area (Å²) in [4.78, 5) is 10.3. The van der Waals surface area contributed by atoms with Crippen molar-refractivity contribution in [3.8, 4) is 5.75 Å². The smallest absolute Gasteiger partial charge is 0.416 e. The van der Waals surface area contributed by atoms with Crippen molar-refractivity contribution in [1.29, 1.82) is 0 Å². The molecule has 5 nitrogen and oxygen atoms in total. The number of phenols is 1. The summed E-state index contributed by atoms with van der Waals surface area (Å²) in [5.41, 5.74) is -2.02. The molecule has 0 radical (unpaired) electrons. The Morgan fingerprint density at radius 3 is 2.32 bits per heavy atom. The van der Waals surface area contributed by atoms with Crippen LogP contribution in [0.1, 0.15) is 23.7 Å². The molecule has 0 heterocycles. The van der Waals surface area contributed by atoms with Crippen LogP contribution in [-0.2, 0) is 11.0 Å². The molecule has 0 amide bonds. The number of aliphatic hydroxyl groups is 2. The molecule has 0 aliphatic rings. The number of carbonyl (C=O) groups is 1. The van der Waals surface area contributed by atoms with Gasteiger partial charge in [-0.15, -0.1) is 0 Å². The molecule has 2 atom stereocenters. The first kappa shape index (κ1) is 15.3. The Bertz CT molecular complexity index is 472. The van der Waals surface area contributed by atoms with E-state index in [-0.39, 0.29) is 0 Å². The Balaban J connectivity index is 3.16. The number of halogens is 3. The van der Waals surface area contributed by atoms with Gasteiger partial charge in [0.1, 0.15) is 11.9 Å². The third-order valence-electron chi connectivity index (χ3n) is 2.41. The van der Waals surface area contributed by atoms with Crippen molar-refractivity contribution in [2.24, 2.45) is 0 Å². The molecule has 106 valence electrons. The molecule has 19 heavy (non-hydrogen) atoms. The van der Waals surface area contributed by atoms with Crippen molar-refractivity contribution in [3.05, 3.63) is 29.3 Å². The Morgan fingerprint density at radius 1 is 1.26 bits per heavy atom. The first-order chi connectivity index (χ1) is 8.62. The maximum absolute atomic E-state index is 12.7. The highest BCUT2D eigenvalue weighted by Crippen LogP contribution is 2.37. The van der Waals surface area contributed by atoms with E-state index in [2.05, 4.69) is 0 Å². The van der Waals surface area contributed by atoms with Crippen LogP contribution in [0.3, 0.4) is 0 Å². The Kier molecular flexibility index (Phi) is 4.38. The normalized spacial score (nSPS) is 15.0. The summed E-state index contributed by atoms with van der Waals surface area (Å²) in [6.45, 7) is 0. The molecule has 2 unspecified atom stereocenters. The number of aliphatic hydroxyl groups excluding tert-OH is 2. The van der Waals surface area contributed by atoms with Gasteiger partial charge in [-0.05, 0) is 17.7 Å². The van der Waals surface area contributed by atoms with E-state index in [9.17, 15) is 28.2 Å². The molecule has 0 fully saturated rings. The van der Waals surface area contributed by atoms with Crippen LogP contribution in [0, 0.1) is 0 Å². The highest BCUT2D eigenvalue weighted by atomic mass is 19.4. The molecule has 0 spiro atoms. The van der Waals surface area contributed by atoms with Crippen LogP contribution in [0.5, 0.6) is 5.75 Å². The Labute approximate surface area is 105 Å². The summed E-state index contributed by atoms with van der Waals surface area (Å²) in [5, 5.41) is 36.4. The highest BCUT2D eigenvalue weighted by Gasteiger charge is 2.37. The minimum atomic E-state index is -4.85. The lowest BCUT2D eigenvalue weighted by Gasteiger charge is -2.21. The fraction of sp³-hybridized carbons (Fsp3) is 0.364. The zero-order valence-electron chi connectivity index (χ0n) is 9.42. The highest BCUT2D eigenvalue weighted by molar-refractivity contribution is 5.67. The molecule has 1 rings (SSSR count). The van der Waals surface area contributed by atoms with E-state index in [1.165, 1.54) is 0 Å². The molecule has 0 aliphatic heterocycles. The van der Waals surface area contributed by atoms with Crippen molar-refractivity contribution < 1.29 is 38.4 Å². The monoisotopic (exact) mass is 280 g/mol. The van der Waals surface area contributed by atoms with E-state index in [1.54, 1.807) is 0 Å². The zero-order valence-corrected chi connectivity index (χ0v) is 9.42. The lowest BCUT2D eigenvalue weighted by atomic mass is 9.96. The second-order valence-corrected chi connectivity index (χ2v) is 3.88. The Morgan fingerprint density at radius 2 is 1.84 bits per heavy atom. The van der Waals surface area contributed by atoms with E-state index >= 15 is 0 Å². The van der Waals surface area contributed by atoms with Crippen LogP contribution >= 0.6 is 0 Å². The van der Waals surface area contributed by atoms with E-state index in [4.69, 9.17) is 10.2 Å². The summed E-state index contributed by atoms with van der Waals surface area (Å²) in [6, 6.07) is 2.08. The van der Waals surface area contributed by atoms with Crippen LogP contribution in [0.2, 0.25) is 0 Å². The van der Waals surface area contributed by atoms with Gasteiger partial charge in [-0.25, -0.2) is 0 Å². The number of carboxylic acids is 1. The van der Waals surface area contributed by atoms with Crippen LogP contribution in [-0.4, -0.2) is 32.5 Å². The number of aliphatic carboxylic acids is 1. The van der Waals surface area contributed by atoms with Crippen LogP contribution in [0.4, 0.5) is 13.2 Å². The number of hydrogen-bond acceptors (Lipinski definition) is 4. The largest absolute Gasteiger partial charge is 0.508 e. The van der Waals surface area contributed by atoms with Crippen LogP contribution in [0.15, 0.2) is 18.2 Å². The second kappa shape index (κ2) is 5.45. The summed E-state index contributed by atoms with van der Waals surface area (Å²) >= 11 is 0. The molecule has 0 saturated heterocycles. The number of aromatic hydroxyl groups is 1. The number of rotatable bonds is 4. The molecule has 1 aromatic rings. The Hall–Kier alpha value is -1.80. The quantitative estimate of drug-likeness (QED) is 0.666. The van der Waals surface area contributed by atoms with E-state index in [0.29, 0.717) is 6.07 Å². The van der Waals surface area contributed by atoms with Gasteiger partial charge in [-0.1, -0.05) is 6.07 Å². The molecular weight excluding hydrogens is 269 g/mol. The molecule has 1 aromatic carbocycles. The fourth-order valence-electron chi connectivity index (χ4n) is 1.55. The standard InChI is InChI=1S/C11H11F3O5/c12-11(13,14)7-3-5(15)1-2-6(7)10(19)8(16)4-9(17)18/h1-3,8,10,15-16,19H,4H2,(H,17,18). The van der Waals surface area contributed by atoms with Gasteiger partial charge in [0.15, 0.2) is 0 Å². The van der Waals surface area contributed by atoms with Gasteiger partial charge in [0.2, 0.25) is 0 Å². The third kappa shape index (κ3) is 3.83. The molecule has 0 aromatic heterocycles. The minimum Gasteiger partial charge on any atom is -0.508 e. The second-order valence-electron chi connectivity index (χ2n) is 3.88. The first-order valence-corrected chi connectivity index (χ1v) is 5.11. The van der Waals surface area contributed by atoms with Gasteiger partial charge >= 0.3 is 12.1 Å². The molecule has 0 aliphatic carbocycles. The zero-order chi connectivity index (χ0) is 14.8. The lowest BCUT2D eigenvalue weighted by Crippen LogP contribution is -2.24. The average Bonchev–Trinajstić information content (AvgIpc) is 2.25. The molecular formula is C11H11F3O5.